The molecule has 0 heterocycles. The standard InChI is InChI=1S/C22H35N3O4S/c1-6-22(2,3)17-10-12-18(13-11-17)24-20(26)15-23-21(27)16-8-7-9-19(14-16)30(28,29)25(4)5/h7-9,14,17-18H,6,10-13,15H2,1-5H3,(H,23,27)(H,24,26). The van der Waals surface area contributed by atoms with Crippen LogP contribution in [0.25, 0.3) is 0 Å². The number of rotatable bonds is 8. The number of nitrogens with zero attached hydrogens (tertiary/aromatic N) is 1. The van der Waals surface area contributed by atoms with E-state index in [9.17, 15) is 18.0 Å². The van der Waals surface area contributed by atoms with E-state index in [1.165, 1.54) is 38.4 Å². The van der Waals surface area contributed by atoms with Crippen LogP contribution in [-0.2, 0) is 14.8 Å². The van der Waals surface area contributed by atoms with Crippen molar-refractivity contribution in [1.82, 2.24) is 14.9 Å². The summed E-state index contributed by atoms with van der Waals surface area (Å²) in [6.07, 6.45) is 5.27. The molecule has 2 rings (SSSR count). The highest BCUT2D eigenvalue weighted by Gasteiger charge is 2.32. The average Bonchev–Trinajstić information content (AvgIpc) is 2.72. The molecule has 1 aromatic carbocycles. The monoisotopic (exact) mass is 437 g/mol. The van der Waals surface area contributed by atoms with Gasteiger partial charge in [-0.1, -0.05) is 33.3 Å². The van der Waals surface area contributed by atoms with E-state index in [0.717, 1.165) is 36.4 Å². The van der Waals surface area contributed by atoms with Crippen molar-refractivity contribution in [3.63, 3.8) is 0 Å². The van der Waals surface area contributed by atoms with E-state index < -0.39 is 15.9 Å². The molecule has 0 spiro atoms. The molecule has 8 heteroatoms. The molecule has 0 aliphatic heterocycles. The fourth-order valence-corrected chi connectivity index (χ4v) is 4.81. The van der Waals surface area contributed by atoms with Crippen molar-refractivity contribution in [2.24, 2.45) is 11.3 Å². The normalized spacial score (nSPS) is 20.1. The van der Waals surface area contributed by atoms with Crippen LogP contribution in [0.4, 0.5) is 0 Å². The molecular formula is C22H35N3O4S. The smallest absolute Gasteiger partial charge is 0.251 e. The molecule has 0 unspecified atom stereocenters. The molecule has 0 bridgehead atoms. The summed E-state index contributed by atoms with van der Waals surface area (Å²) in [6, 6.07) is 5.95. The van der Waals surface area contributed by atoms with Crippen LogP contribution in [-0.4, -0.2) is 51.2 Å². The zero-order chi connectivity index (χ0) is 22.5. The Kier molecular flexibility index (Phi) is 8.05. The van der Waals surface area contributed by atoms with Crippen molar-refractivity contribution in [3.05, 3.63) is 29.8 Å². The summed E-state index contributed by atoms with van der Waals surface area (Å²) >= 11 is 0. The van der Waals surface area contributed by atoms with E-state index >= 15 is 0 Å². The van der Waals surface area contributed by atoms with Crippen LogP contribution >= 0.6 is 0 Å². The van der Waals surface area contributed by atoms with Crippen molar-refractivity contribution in [3.8, 4) is 0 Å². The Hall–Kier alpha value is -1.93. The summed E-state index contributed by atoms with van der Waals surface area (Å²) in [5.74, 6) is -0.0194. The Bertz CT molecular complexity index is 857. The van der Waals surface area contributed by atoms with Gasteiger partial charge in [-0.15, -0.1) is 0 Å². The van der Waals surface area contributed by atoms with Gasteiger partial charge in [0.1, 0.15) is 0 Å². The minimum Gasteiger partial charge on any atom is -0.352 e. The van der Waals surface area contributed by atoms with E-state index in [-0.39, 0.29) is 29.0 Å². The van der Waals surface area contributed by atoms with Gasteiger partial charge in [-0.2, -0.15) is 0 Å². The first-order valence-corrected chi connectivity index (χ1v) is 12.0. The maximum absolute atomic E-state index is 12.4. The lowest BCUT2D eigenvalue weighted by molar-refractivity contribution is -0.121. The first kappa shape index (κ1) is 24.3. The maximum atomic E-state index is 12.4. The third-order valence-electron chi connectivity index (χ3n) is 6.39. The zero-order valence-electron chi connectivity index (χ0n) is 18.7. The molecule has 1 aromatic rings. The number of nitrogens with one attached hydrogen (secondary N) is 2. The van der Waals surface area contributed by atoms with Gasteiger partial charge in [0.25, 0.3) is 5.91 Å². The highest BCUT2D eigenvalue weighted by Crippen LogP contribution is 2.40. The van der Waals surface area contributed by atoms with E-state index in [1.54, 1.807) is 0 Å². The minimum atomic E-state index is -3.63. The van der Waals surface area contributed by atoms with Crippen LogP contribution in [0.3, 0.4) is 0 Å². The number of hydrogen-bond donors (Lipinski definition) is 2. The van der Waals surface area contributed by atoms with Crippen molar-refractivity contribution < 1.29 is 18.0 Å². The van der Waals surface area contributed by atoms with Gasteiger partial charge in [0.2, 0.25) is 15.9 Å². The van der Waals surface area contributed by atoms with Crippen molar-refractivity contribution >= 4 is 21.8 Å². The van der Waals surface area contributed by atoms with Gasteiger partial charge in [-0.25, -0.2) is 12.7 Å². The molecule has 1 aliphatic rings. The highest BCUT2D eigenvalue weighted by atomic mass is 32.2. The van der Waals surface area contributed by atoms with Crippen molar-refractivity contribution in [1.29, 1.82) is 0 Å². The SMILES string of the molecule is CCC(C)(C)C1CCC(NC(=O)CNC(=O)c2cccc(S(=O)(=O)N(C)C)c2)CC1. The van der Waals surface area contributed by atoms with Gasteiger partial charge in [0, 0.05) is 25.7 Å². The first-order chi connectivity index (χ1) is 14.0. The Morgan fingerprint density at radius 2 is 1.77 bits per heavy atom. The maximum Gasteiger partial charge on any atom is 0.251 e. The lowest BCUT2D eigenvalue weighted by Gasteiger charge is -2.39. The fraction of sp³-hybridized carbons (Fsp3) is 0.636. The van der Waals surface area contributed by atoms with Crippen LogP contribution in [0.15, 0.2) is 29.2 Å². The molecule has 1 fully saturated rings. The Morgan fingerprint density at radius 1 is 1.13 bits per heavy atom. The van der Waals surface area contributed by atoms with Gasteiger partial charge in [0.05, 0.1) is 11.4 Å². The van der Waals surface area contributed by atoms with Crippen LogP contribution < -0.4 is 10.6 Å². The number of carbonyl (C=O) groups excluding carboxylic acids is 2. The Balaban J connectivity index is 1.85. The summed E-state index contributed by atoms with van der Waals surface area (Å²) < 4.78 is 25.5. The topological polar surface area (TPSA) is 95.6 Å². The first-order valence-electron chi connectivity index (χ1n) is 10.6. The third-order valence-corrected chi connectivity index (χ3v) is 8.20. The summed E-state index contributed by atoms with van der Waals surface area (Å²) in [6.45, 7) is 6.71. The van der Waals surface area contributed by atoms with Crippen LogP contribution in [0.2, 0.25) is 0 Å². The van der Waals surface area contributed by atoms with E-state index in [4.69, 9.17) is 0 Å². The molecule has 7 nitrogen and oxygen atoms in total. The molecule has 2 amide bonds. The molecule has 30 heavy (non-hydrogen) atoms. The molecule has 0 radical (unpaired) electrons. The summed E-state index contributed by atoms with van der Waals surface area (Å²) in [7, 11) is -0.759. The Morgan fingerprint density at radius 3 is 2.33 bits per heavy atom. The largest absolute Gasteiger partial charge is 0.352 e. The van der Waals surface area contributed by atoms with Gasteiger partial charge in [0.15, 0.2) is 0 Å². The van der Waals surface area contributed by atoms with Gasteiger partial charge in [-0.05, 0) is 55.2 Å². The fourth-order valence-electron chi connectivity index (χ4n) is 3.86. The minimum absolute atomic E-state index is 0.0383. The Labute approximate surface area is 180 Å². The number of carbonyl (C=O) groups is 2. The highest BCUT2D eigenvalue weighted by molar-refractivity contribution is 7.89. The second kappa shape index (κ2) is 9.92. The lowest BCUT2D eigenvalue weighted by Crippen LogP contribution is -2.44. The summed E-state index contributed by atoms with van der Waals surface area (Å²) in [4.78, 5) is 24.7. The van der Waals surface area contributed by atoms with Crippen molar-refractivity contribution in [2.45, 2.75) is 63.8 Å². The zero-order valence-corrected chi connectivity index (χ0v) is 19.5. The second-order valence-electron chi connectivity index (χ2n) is 8.96. The quantitative estimate of drug-likeness (QED) is 0.654. The molecule has 1 saturated carbocycles. The predicted octanol–water partition coefficient (Wildman–Crippen LogP) is 2.78. The molecule has 1 aliphatic carbocycles. The van der Waals surface area contributed by atoms with Gasteiger partial charge in [-0.3, -0.25) is 9.59 Å². The molecule has 0 aromatic heterocycles. The predicted molar refractivity (Wildman–Crippen MR) is 118 cm³/mol. The lowest BCUT2D eigenvalue weighted by atomic mass is 9.69. The number of amides is 2. The second-order valence-corrected chi connectivity index (χ2v) is 11.1. The van der Waals surface area contributed by atoms with Crippen LogP contribution in [0.5, 0.6) is 0 Å². The molecule has 168 valence electrons. The molecule has 0 atom stereocenters. The third kappa shape index (κ3) is 6.04. The number of sulfonamides is 1. The van der Waals surface area contributed by atoms with Gasteiger partial charge < -0.3 is 10.6 Å². The molecule has 2 N–H and O–H groups in total. The number of hydrogen-bond acceptors (Lipinski definition) is 4. The van der Waals surface area contributed by atoms with E-state index in [0.29, 0.717) is 11.3 Å². The van der Waals surface area contributed by atoms with Gasteiger partial charge >= 0.3 is 0 Å². The van der Waals surface area contributed by atoms with E-state index in [1.807, 2.05) is 0 Å². The van der Waals surface area contributed by atoms with E-state index in [2.05, 4.69) is 31.4 Å². The molecular weight excluding hydrogens is 402 g/mol. The van der Waals surface area contributed by atoms with Crippen LogP contribution in [0.1, 0.15) is 63.2 Å². The number of benzene rings is 1. The molecule has 0 saturated heterocycles. The van der Waals surface area contributed by atoms with Crippen molar-refractivity contribution in [2.75, 3.05) is 20.6 Å². The summed E-state index contributed by atoms with van der Waals surface area (Å²) in [5, 5.41) is 5.59. The van der Waals surface area contributed by atoms with Crippen LogP contribution in [0, 0.1) is 11.3 Å². The average molecular weight is 438 g/mol. The summed E-state index contributed by atoms with van der Waals surface area (Å²) in [5.41, 5.74) is 0.533.